The second-order valence-corrected chi connectivity index (χ2v) is 5.03. The summed E-state index contributed by atoms with van der Waals surface area (Å²) in [6.07, 6.45) is 2.81. The van der Waals surface area contributed by atoms with Crippen molar-refractivity contribution in [3.05, 3.63) is 16.3 Å². The third kappa shape index (κ3) is 3.38. The van der Waals surface area contributed by atoms with Crippen molar-refractivity contribution < 1.29 is 9.13 Å². The number of nitrogens with zero attached hydrogens (tertiary/aromatic N) is 2. The van der Waals surface area contributed by atoms with Gasteiger partial charge in [0.25, 0.3) is 0 Å². The normalized spacial score (nSPS) is 12.4. The Bertz CT molecular complexity index is 352. The molecular formula is C6H9N3O3S2. The van der Waals surface area contributed by atoms with E-state index in [1.165, 1.54) is 6.20 Å². The number of nitrogens with one attached hydrogen (secondary N) is 1. The lowest BCUT2D eigenvalue weighted by Crippen LogP contribution is -2.09. The minimum atomic E-state index is -0.861. The van der Waals surface area contributed by atoms with E-state index in [1.807, 2.05) is 0 Å². The summed E-state index contributed by atoms with van der Waals surface area (Å²) in [5.41, 5.74) is 0. The van der Waals surface area contributed by atoms with Crippen LogP contribution in [0.3, 0.4) is 0 Å². The van der Waals surface area contributed by atoms with Crippen LogP contribution in [0.5, 0.6) is 0 Å². The highest BCUT2D eigenvalue weighted by Crippen LogP contribution is 2.24. The van der Waals surface area contributed by atoms with E-state index in [2.05, 4.69) is 10.3 Å². The van der Waals surface area contributed by atoms with E-state index in [9.17, 15) is 14.3 Å². The molecule has 0 aliphatic heterocycles. The van der Waals surface area contributed by atoms with Gasteiger partial charge in [0.2, 0.25) is 0 Å². The molecule has 1 atom stereocenters. The Kier molecular flexibility index (Phi) is 3.96. The van der Waals surface area contributed by atoms with E-state index in [4.69, 9.17) is 0 Å². The van der Waals surface area contributed by atoms with E-state index < -0.39 is 15.7 Å². The highest BCUT2D eigenvalue weighted by atomic mass is 32.2. The van der Waals surface area contributed by atoms with Gasteiger partial charge in [-0.25, -0.2) is 4.98 Å². The van der Waals surface area contributed by atoms with E-state index in [0.29, 0.717) is 17.4 Å². The molecule has 8 heteroatoms. The standard InChI is InChI=1S/C6H9N3O3S2/c1-14(12)3-2-7-6-8-4-5(13-6)9(10)11/h4H,2-3H2,1H3,(H,7,8). The molecule has 0 aliphatic rings. The van der Waals surface area contributed by atoms with Crippen molar-refractivity contribution in [1.29, 1.82) is 0 Å². The maximum absolute atomic E-state index is 10.7. The van der Waals surface area contributed by atoms with Gasteiger partial charge in [0.1, 0.15) is 6.20 Å². The molecule has 14 heavy (non-hydrogen) atoms. The zero-order chi connectivity index (χ0) is 10.6. The van der Waals surface area contributed by atoms with Crippen molar-refractivity contribution in [2.24, 2.45) is 0 Å². The second-order valence-electron chi connectivity index (χ2n) is 2.46. The minimum absolute atomic E-state index is 0.00474. The molecule has 78 valence electrons. The Labute approximate surface area is 87.0 Å². The molecule has 0 aliphatic carbocycles. The quantitative estimate of drug-likeness (QED) is 0.604. The molecule has 1 N–H and O–H groups in total. The third-order valence-corrected chi connectivity index (χ3v) is 3.02. The average Bonchev–Trinajstić information content (AvgIpc) is 2.52. The lowest BCUT2D eigenvalue weighted by molar-refractivity contribution is -0.380. The number of rotatable bonds is 5. The van der Waals surface area contributed by atoms with Crippen molar-refractivity contribution in [3.8, 4) is 0 Å². The second kappa shape index (κ2) is 5.01. The third-order valence-electron chi connectivity index (χ3n) is 1.34. The zero-order valence-electron chi connectivity index (χ0n) is 7.43. The Morgan fingerprint density at radius 3 is 3.00 bits per heavy atom. The van der Waals surface area contributed by atoms with E-state index in [1.54, 1.807) is 6.26 Å². The Morgan fingerprint density at radius 2 is 2.50 bits per heavy atom. The van der Waals surface area contributed by atoms with Crippen molar-refractivity contribution in [3.63, 3.8) is 0 Å². The molecule has 1 unspecified atom stereocenters. The van der Waals surface area contributed by atoms with Crippen molar-refractivity contribution in [1.82, 2.24) is 4.98 Å². The number of hydrogen-bond acceptors (Lipinski definition) is 6. The molecule has 0 spiro atoms. The van der Waals surface area contributed by atoms with Gasteiger partial charge in [0.15, 0.2) is 5.13 Å². The molecule has 0 saturated heterocycles. The Balaban J connectivity index is 2.44. The predicted molar refractivity (Wildman–Crippen MR) is 56.2 cm³/mol. The van der Waals surface area contributed by atoms with Crippen LogP contribution >= 0.6 is 11.3 Å². The van der Waals surface area contributed by atoms with Gasteiger partial charge in [-0.1, -0.05) is 0 Å². The molecule has 0 aromatic carbocycles. The topological polar surface area (TPSA) is 85.1 Å². The Morgan fingerprint density at radius 1 is 1.79 bits per heavy atom. The maximum Gasteiger partial charge on any atom is 0.345 e. The van der Waals surface area contributed by atoms with Crippen LogP contribution in [0, 0.1) is 10.1 Å². The smallest absolute Gasteiger partial charge is 0.345 e. The van der Waals surface area contributed by atoms with E-state index >= 15 is 0 Å². The van der Waals surface area contributed by atoms with E-state index in [-0.39, 0.29) is 5.00 Å². The van der Waals surface area contributed by atoms with Crippen LogP contribution in [0.15, 0.2) is 6.20 Å². The molecular weight excluding hydrogens is 226 g/mol. The van der Waals surface area contributed by atoms with Gasteiger partial charge in [-0.3, -0.25) is 14.3 Å². The maximum atomic E-state index is 10.7. The summed E-state index contributed by atoms with van der Waals surface area (Å²) in [5, 5.41) is 13.6. The van der Waals surface area contributed by atoms with Crippen LogP contribution in [0.2, 0.25) is 0 Å². The first-order valence-corrected chi connectivity index (χ1v) is 6.28. The van der Waals surface area contributed by atoms with Crippen LogP contribution < -0.4 is 5.32 Å². The van der Waals surface area contributed by atoms with Crippen LogP contribution in [-0.2, 0) is 10.8 Å². The first-order valence-electron chi connectivity index (χ1n) is 3.73. The fourth-order valence-electron chi connectivity index (χ4n) is 0.733. The van der Waals surface area contributed by atoms with Gasteiger partial charge in [-0.05, 0) is 11.3 Å². The van der Waals surface area contributed by atoms with Gasteiger partial charge in [-0.2, -0.15) is 0 Å². The molecule has 1 aromatic rings. The molecule has 1 aromatic heterocycles. The summed E-state index contributed by atoms with van der Waals surface area (Å²) < 4.78 is 10.7. The first kappa shape index (κ1) is 11.1. The lowest BCUT2D eigenvalue weighted by Gasteiger charge is -1.98. The summed E-state index contributed by atoms with van der Waals surface area (Å²) in [7, 11) is -0.861. The molecule has 0 amide bonds. The minimum Gasteiger partial charge on any atom is -0.360 e. The van der Waals surface area contributed by atoms with Crippen molar-refractivity contribution in [2.45, 2.75) is 0 Å². The van der Waals surface area contributed by atoms with Crippen molar-refractivity contribution in [2.75, 3.05) is 23.9 Å². The largest absolute Gasteiger partial charge is 0.360 e. The number of thiazole rings is 1. The van der Waals surface area contributed by atoms with E-state index in [0.717, 1.165) is 11.3 Å². The van der Waals surface area contributed by atoms with Gasteiger partial charge in [0, 0.05) is 29.4 Å². The van der Waals surface area contributed by atoms with Crippen LogP contribution in [0.4, 0.5) is 10.1 Å². The van der Waals surface area contributed by atoms with Gasteiger partial charge < -0.3 is 5.32 Å². The van der Waals surface area contributed by atoms with Crippen LogP contribution in [0.1, 0.15) is 0 Å². The van der Waals surface area contributed by atoms with Gasteiger partial charge in [-0.15, -0.1) is 0 Å². The average molecular weight is 235 g/mol. The number of nitro groups is 1. The molecule has 0 bridgehead atoms. The summed E-state index contributed by atoms with van der Waals surface area (Å²) in [5.74, 6) is 0.507. The lowest BCUT2D eigenvalue weighted by atomic mass is 10.7. The zero-order valence-corrected chi connectivity index (χ0v) is 9.06. The molecule has 0 fully saturated rings. The monoisotopic (exact) mass is 235 g/mol. The SMILES string of the molecule is CS(=O)CCNc1ncc([N+](=O)[O-])s1. The van der Waals surface area contributed by atoms with Gasteiger partial charge >= 0.3 is 5.00 Å². The summed E-state index contributed by atoms with van der Waals surface area (Å²) in [6.45, 7) is 0.508. The summed E-state index contributed by atoms with van der Waals surface area (Å²) >= 11 is 0.972. The Hall–Kier alpha value is -1.02. The van der Waals surface area contributed by atoms with Crippen molar-refractivity contribution >= 4 is 32.3 Å². The highest BCUT2D eigenvalue weighted by molar-refractivity contribution is 7.84. The first-order chi connectivity index (χ1) is 6.59. The molecule has 1 rings (SSSR count). The molecule has 6 nitrogen and oxygen atoms in total. The molecule has 1 heterocycles. The summed E-state index contributed by atoms with van der Waals surface area (Å²) in [4.78, 5) is 13.6. The van der Waals surface area contributed by atoms with Crippen LogP contribution in [-0.4, -0.2) is 32.7 Å². The fourth-order valence-corrected chi connectivity index (χ4v) is 1.78. The number of hydrogen-bond donors (Lipinski definition) is 1. The number of aromatic nitrogens is 1. The highest BCUT2D eigenvalue weighted by Gasteiger charge is 2.10. The van der Waals surface area contributed by atoms with Crippen LogP contribution in [0.25, 0.3) is 0 Å². The number of anilines is 1. The molecule has 0 saturated carbocycles. The predicted octanol–water partition coefficient (Wildman–Crippen LogP) is 0.842. The fraction of sp³-hybridized carbons (Fsp3) is 0.500. The molecule has 0 radical (unpaired) electrons. The summed E-state index contributed by atoms with van der Waals surface area (Å²) in [6, 6.07) is 0. The van der Waals surface area contributed by atoms with Gasteiger partial charge in [0.05, 0.1) is 4.92 Å².